The number of aliphatic hydroxyl groups is 1. The van der Waals surface area contributed by atoms with Gasteiger partial charge in [-0.1, -0.05) is 24.3 Å². The summed E-state index contributed by atoms with van der Waals surface area (Å²) in [5.41, 5.74) is 1.35. The van der Waals surface area contributed by atoms with Gasteiger partial charge < -0.3 is 24.6 Å². The Hall–Kier alpha value is -2.80. The zero-order valence-corrected chi connectivity index (χ0v) is 16.1. The number of carbonyl (C=O) groups excluding carboxylic acids is 1. The normalized spacial score (nSPS) is 22.3. The lowest BCUT2D eigenvalue weighted by atomic mass is 9.96. The number of benzene rings is 1. The van der Waals surface area contributed by atoms with Gasteiger partial charge in [0.05, 0.1) is 12.8 Å². The molecule has 1 saturated heterocycles. The lowest BCUT2D eigenvalue weighted by Crippen LogP contribution is -2.55. The van der Waals surface area contributed by atoms with Crippen molar-refractivity contribution in [3.8, 4) is 0 Å². The van der Waals surface area contributed by atoms with Crippen molar-refractivity contribution in [3.05, 3.63) is 59.5 Å². The number of amides is 1. The summed E-state index contributed by atoms with van der Waals surface area (Å²) in [4.78, 5) is 20.7. The minimum Gasteiger partial charge on any atom is -0.459 e. The quantitative estimate of drug-likeness (QED) is 0.620. The van der Waals surface area contributed by atoms with Gasteiger partial charge in [-0.3, -0.25) is 9.79 Å². The number of nitrogens with zero attached hydrogens (tertiary/aromatic N) is 3. The van der Waals surface area contributed by atoms with E-state index in [-0.39, 0.29) is 5.91 Å². The van der Waals surface area contributed by atoms with E-state index >= 15 is 0 Å². The predicted molar refractivity (Wildman–Crippen MR) is 106 cm³/mol. The van der Waals surface area contributed by atoms with E-state index in [9.17, 15) is 9.90 Å². The number of furan rings is 1. The fourth-order valence-corrected chi connectivity index (χ4v) is 4.09. The van der Waals surface area contributed by atoms with Gasteiger partial charge in [0.1, 0.15) is 5.60 Å². The first-order valence-corrected chi connectivity index (χ1v) is 9.70. The van der Waals surface area contributed by atoms with Crippen molar-refractivity contribution in [1.29, 1.82) is 0 Å². The molecule has 28 heavy (non-hydrogen) atoms. The fourth-order valence-electron chi connectivity index (χ4n) is 4.09. The molecule has 0 spiro atoms. The number of hydrogen-bond acceptors (Lipinski definition) is 4. The van der Waals surface area contributed by atoms with Crippen LogP contribution in [-0.4, -0.2) is 66.5 Å². The monoisotopic (exact) mass is 382 g/mol. The third kappa shape index (κ3) is 3.49. The molecule has 148 valence electrons. The van der Waals surface area contributed by atoms with Gasteiger partial charge in [0.25, 0.3) is 5.91 Å². The Labute approximate surface area is 164 Å². The molecule has 1 amide bonds. The molecule has 1 unspecified atom stereocenters. The van der Waals surface area contributed by atoms with Crippen molar-refractivity contribution in [3.63, 3.8) is 0 Å². The maximum atomic E-state index is 12.4. The maximum Gasteiger partial charge on any atom is 0.289 e. The number of nitrogens with one attached hydrogen (secondary N) is 1. The van der Waals surface area contributed by atoms with Crippen LogP contribution in [0.3, 0.4) is 0 Å². The number of piperazine rings is 1. The third-order valence-corrected chi connectivity index (χ3v) is 5.68. The Morgan fingerprint density at radius 1 is 1.18 bits per heavy atom. The Kier molecular flexibility index (Phi) is 5.09. The molecule has 0 radical (unpaired) electrons. The minimum atomic E-state index is -0.871. The number of aliphatic imine (C=N–C) groups is 1. The highest BCUT2D eigenvalue weighted by Gasteiger charge is 2.37. The van der Waals surface area contributed by atoms with Gasteiger partial charge in [0.2, 0.25) is 0 Å². The highest BCUT2D eigenvalue weighted by atomic mass is 16.3. The van der Waals surface area contributed by atoms with Crippen LogP contribution in [0.5, 0.6) is 0 Å². The van der Waals surface area contributed by atoms with Gasteiger partial charge >= 0.3 is 0 Å². The van der Waals surface area contributed by atoms with Crippen LogP contribution in [0.25, 0.3) is 0 Å². The van der Waals surface area contributed by atoms with E-state index in [0.717, 1.165) is 17.9 Å². The molecule has 2 aliphatic rings. The van der Waals surface area contributed by atoms with E-state index in [0.29, 0.717) is 44.9 Å². The Bertz CT molecular complexity index is 856. The van der Waals surface area contributed by atoms with E-state index in [1.165, 1.54) is 11.8 Å². The molecular weight excluding hydrogens is 356 g/mol. The highest BCUT2D eigenvalue weighted by molar-refractivity contribution is 5.91. The van der Waals surface area contributed by atoms with Crippen LogP contribution >= 0.6 is 0 Å². The smallest absolute Gasteiger partial charge is 0.289 e. The average molecular weight is 382 g/mol. The Balaban J connectivity index is 1.34. The summed E-state index contributed by atoms with van der Waals surface area (Å²) < 4.78 is 5.21. The molecule has 4 rings (SSSR count). The second-order valence-corrected chi connectivity index (χ2v) is 7.35. The molecule has 2 N–H and O–H groups in total. The second kappa shape index (κ2) is 7.67. The van der Waals surface area contributed by atoms with Crippen LogP contribution < -0.4 is 5.32 Å². The zero-order valence-electron chi connectivity index (χ0n) is 16.1. The summed E-state index contributed by atoms with van der Waals surface area (Å²) in [5, 5.41) is 14.4. The van der Waals surface area contributed by atoms with Gasteiger partial charge in [0.15, 0.2) is 11.7 Å². The molecular formula is C21H26N4O3. The summed E-state index contributed by atoms with van der Waals surface area (Å²) in [6.45, 7) is 2.99. The maximum absolute atomic E-state index is 12.4. The molecule has 1 aromatic carbocycles. The molecule has 2 aromatic rings. The Morgan fingerprint density at radius 2 is 1.93 bits per heavy atom. The first-order valence-electron chi connectivity index (χ1n) is 9.70. The van der Waals surface area contributed by atoms with Crippen molar-refractivity contribution in [2.45, 2.75) is 18.4 Å². The molecule has 1 aliphatic carbocycles. The largest absolute Gasteiger partial charge is 0.459 e. The van der Waals surface area contributed by atoms with Crippen molar-refractivity contribution in [2.24, 2.45) is 4.99 Å². The summed E-state index contributed by atoms with van der Waals surface area (Å²) in [6, 6.07) is 11.5. The highest BCUT2D eigenvalue weighted by Crippen LogP contribution is 2.36. The summed E-state index contributed by atoms with van der Waals surface area (Å²) in [6.07, 6.45) is 3.11. The van der Waals surface area contributed by atoms with Crippen LogP contribution in [0, 0.1) is 0 Å². The van der Waals surface area contributed by atoms with Crippen LogP contribution in [0.15, 0.2) is 52.1 Å². The lowest BCUT2D eigenvalue weighted by molar-refractivity contribution is 0.0421. The molecule has 7 heteroatoms. The molecule has 1 atom stereocenters. The van der Waals surface area contributed by atoms with Crippen LogP contribution in [0.1, 0.15) is 28.1 Å². The number of carbonyl (C=O) groups is 1. The van der Waals surface area contributed by atoms with Gasteiger partial charge in [-0.25, -0.2) is 0 Å². The van der Waals surface area contributed by atoms with E-state index in [1.54, 1.807) is 24.1 Å². The average Bonchev–Trinajstić information content (AvgIpc) is 3.38. The first-order chi connectivity index (χ1) is 13.6. The van der Waals surface area contributed by atoms with Gasteiger partial charge in [-0.2, -0.15) is 0 Å². The molecule has 0 saturated carbocycles. The lowest BCUT2D eigenvalue weighted by Gasteiger charge is -2.37. The molecule has 0 bridgehead atoms. The molecule has 1 fully saturated rings. The zero-order chi connectivity index (χ0) is 19.6. The molecule has 1 aliphatic heterocycles. The van der Waals surface area contributed by atoms with E-state index in [1.807, 2.05) is 18.2 Å². The van der Waals surface area contributed by atoms with Crippen molar-refractivity contribution < 1.29 is 14.3 Å². The van der Waals surface area contributed by atoms with Gasteiger partial charge in [0, 0.05) is 33.2 Å². The third-order valence-electron chi connectivity index (χ3n) is 5.68. The van der Waals surface area contributed by atoms with Gasteiger partial charge in [-0.05, 0) is 36.1 Å². The number of aryl methyl sites for hydroxylation is 1. The van der Waals surface area contributed by atoms with Crippen molar-refractivity contribution >= 4 is 11.9 Å². The molecule has 1 aromatic heterocycles. The number of guanidine groups is 1. The van der Waals surface area contributed by atoms with Crippen LogP contribution in [0.4, 0.5) is 0 Å². The predicted octanol–water partition coefficient (Wildman–Crippen LogP) is 1.45. The summed E-state index contributed by atoms with van der Waals surface area (Å²) >= 11 is 0. The van der Waals surface area contributed by atoms with E-state index in [2.05, 4.69) is 21.3 Å². The standard InChI is InChI=1S/C21H26N4O3/c1-22-20(23-15-21(27)9-8-16-5-2-3-6-17(16)21)25-12-10-24(11-13-25)19(26)18-7-4-14-28-18/h2-7,14,27H,8-13,15H2,1H3,(H,22,23). The van der Waals surface area contributed by atoms with Crippen molar-refractivity contribution in [1.82, 2.24) is 15.1 Å². The topological polar surface area (TPSA) is 81.3 Å². The first kappa shape index (κ1) is 18.6. The number of fused-ring (bicyclic) bond motifs is 1. The summed E-state index contributed by atoms with van der Waals surface area (Å²) in [5.74, 6) is 1.05. The molecule has 2 heterocycles. The van der Waals surface area contributed by atoms with Crippen LogP contribution in [-0.2, 0) is 12.0 Å². The van der Waals surface area contributed by atoms with Crippen LogP contribution in [0.2, 0.25) is 0 Å². The van der Waals surface area contributed by atoms with Gasteiger partial charge in [-0.15, -0.1) is 0 Å². The number of rotatable bonds is 3. The minimum absolute atomic E-state index is 0.0792. The second-order valence-electron chi connectivity index (χ2n) is 7.35. The Morgan fingerprint density at radius 3 is 2.64 bits per heavy atom. The molecule has 7 nitrogen and oxygen atoms in total. The van der Waals surface area contributed by atoms with E-state index < -0.39 is 5.60 Å². The SMILES string of the molecule is CN=C(NCC1(O)CCc2ccccc21)N1CCN(C(=O)c2ccco2)CC1. The fraction of sp³-hybridized carbons (Fsp3) is 0.429. The van der Waals surface area contributed by atoms with Crippen molar-refractivity contribution in [2.75, 3.05) is 39.8 Å². The summed E-state index contributed by atoms with van der Waals surface area (Å²) in [7, 11) is 1.75. The van der Waals surface area contributed by atoms with E-state index in [4.69, 9.17) is 4.42 Å². The number of hydrogen-bond donors (Lipinski definition) is 2.